The van der Waals surface area contributed by atoms with Gasteiger partial charge >= 0.3 is 0 Å². The van der Waals surface area contributed by atoms with Gasteiger partial charge in [0, 0.05) is 28.8 Å². The maximum Gasteiger partial charge on any atom is 0.170 e. The topological polar surface area (TPSA) is 42.2 Å². The lowest BCUT2D eigenvalue weighted by molar-refractivity contribution is 0.203. The Balaban J connectivity index is 1.44. The quantitative estimate of drug-likeness (QED) is 0.705. The zero-order valence-corrected chi connectivity index (χ0v) is 14.7. The molecule has 1 aromatic carbocycles. The molecule has 126 valence electrons. The largest absolute Gasteiger partial charge is 0.356 e. The summed E-state index contributed by atoms with van der Waals surface area (Å²) in [5, 5.41) is 6.30. The molecule has 24 heavy (non-hydrogen) atoms. The molecular weight excluding hydrogens is 325 g/mol. The molecule has 0 unspecified atom stereocenters. The number of hydrogen-bond acceptors (Lipinski definition) is 5. The molecule has 1 aliphatic rings. The predicted octanol–water partition coefficient (Wildman–Crippen LogP) is 4.42. The van der Waals surface area contributed by atoms with E-state index in [1.165, 1.54) is 17.0 Å². The zero-order valence-electron chi connectivity index (χ0n) is 13.9. The van der Waals surface area contributed by atoms with Gasteiger partial charge < -0.3 is 4.52 Å². The highest BCUT2D eigenvalue weighted by atomic mass is 32.1. The van der Waals surface area contributed by atoms with Gasteiger partial charge in [0.25, 0.3) is 0 Å². The summed E-state index contributed by atoms with van der Waals surface area (Å²) in [6, 6.07) is 4.68. The Bertz CT molecular complexity index is 864. The number of likely N-dealkylation sites (tertiary alicyclic amines) is 1. The van der Waals surface area contributed by atoms with E-state index < -0.39 is 0 Å². The lowest BCUT2D eigenvalue weighted by atomic mass is 9.91. The van der Waals surface area contributed by atoms with Gasteiger partial charge in [-0.25, -0.2) is 9.37 Å². The summed E-state index contributed by atoms with van der Waals surface area (Å²) in [5.74, 6) is 0.104. The molecule has 6 heteroatoms. The minimum absolute atomic E-state index is 0.282. The molecule has 0 radical (unpaired) electrons. The second-order valence-corrected chi connectivity index (χ2v) is 7.79. The van der Waals surface area contributed by atoms with Crippen LogP contribution in [0.4, 0.5) is 4.39 Å². The van der Waals surface area contributed by atoms with Crippen LogP contribution in [0.15, 0.2) is 22.7 Å². The number of nitrogens with zero attached hydrogens (tertiary/aromatic N) is 3. The molecule has 3 heterocycles. The van der Waals surface area contributed by atoms with Gasteiger partial charge in [-0.15, -0.1) is 11.3 Å². The second kappa shape index (κ2) is 6.26. The number of piperidine rings is 1. The first-order valence-electron chi connectivity index (χ1n) is 8.30. The highest BCUT2D eigenvalue weighted by molar-refractivity contribution is 7.11. The number of benzene rings is 1. The van der Waals surface area contributed by atoms with E-state index in [1.807, 2.05) is 0 Å². The van der Waals surface area contributed by atoms with Gasteiger partial charge in [0.2, 0.25) is 0 Å². The Hall–Kier alpha value is -1.79. The van der Waals surface area contributed by atoms with E-state index >= 15 is 0 Å². The van der Waals surface area contributed by atoms with E-state index in [0.717, 1.165) is 54.3 Å². The Morgan fingerprint density at radius 3 is 2.79 bits per heavy atom. The summed E-state index contributed by atoms with van der Waals surface area (Å²) >= 11 is 1.79. The van der Waals surface area contributed by atoms with E-state index in [1.54, 1.807) is 17.4 Å². The average Bonchev–Trinajstić information content (AvgIpc) is 3.11. The molecule has 0 bridgehead atoms. The minimum Gasteiger partial charge on any atom is -0.356 e. The standard InChI is InChI=1S/C18H20FN3OS/c1-11-17(24-12(2)20-11)10-22-7-5-13(6-8-22)18-15-4-3-14(19)9-16(15)23-21-18/h3-4,9,13H,5-8,10H2,1-2H3. The van der Waals surface area contributed by atoms with Crippen LogP contribution in [-0.2, 0) is 6.54 Å². The van der Waals surface area contributed by atoms with Gasteiger partial charge in [0.1, 0.15) is 5.82 Å². The van der Waals surface area contributed by atoms with E-state index in [4.69, 9.17) is 4.52 Å². The lowest BCUT2D eigenvalue weighted by Gasteiger charge is -2.30. The van der Waals surface area contributed by atoms with E-state index in [2.05, 4.69) is 28.9 Å². The fourth-order valence-electron chi connectivity index (χ4n) is 3.51. The monoisotopic (exact) mass is 345 g/mol. The molecule has 1 aliphatic heterocycles. The number of aromatic nitrogens is 2. The summed E-state index contributed by atoms with van der Waals surface area (Å²) in [4.78, 5) is 8.37. The number of thiazole rings is 1. The van der Waals surface area contributed by atoms with Crippen molar-refractivity contribution < 1.29 is 8.91 Å². The van der Waals surface area contributed by atoms with Crippen LogP contribution in [0.3, 0.4) is 0 Å². The first kappa shape index (κ1) is 15.7. The number of hydrogen-bond donors (Lipinski definition) is 0. The van der Waals surface area contributed by atoms with Gasteiger partial charge in [0.15, 0.2) is 5.58 Å². The Morgan fingerprint density at radius 1 is 1.29 bits per heavy atom. The van der Waals surface area contributed by atoms with Gasteiger partial charge in [-0.05, 0) is 51.9 Å². The molecule has 0 aliphatic carbocycles. The first-order chi connectivity index (χ1) is 11.6. The normalized spacial score (nSPS) is 17.0. The SMILES string of the molecule is Cc1nc(C)c(CN2CCC(c3noc4cc(F)ccc34)CC2)s1. The maximum absolute atomic E-state index is 13.3. The highest BCUT2D eigenvalue weighted by Gasteiger charge is 2.25. The lowest BCUT2D eigenvalue weighted by Crippen LogP contribution is -2.32. The number of halogens is 1. The van der Waals surface area contributed by atoms with Crippen molar-refractivity contribution in [1.82, 2.24) is 15.0 Å². The van der Waals surface area contributed by atoms with E-state index in [9.17, 15) is 4.39 Å². The Kier molecular flexibility index (Phi) is 4.10. The summed E-state index contributed by atoms with van der Waals surface area (Å²) in [6.45, 7) is 7.21. The van der Waals surface area contributed by atoms with Gasteiger partial charge in [-0.1, -0.05) is 5.16 Å². The van der Waals surface area contributed by atoms with Crippen molar-refractivity contribution in [3.05, 3.63) is 45.3 Å². The fraction of sp³-hybridized carbons (Fsp3) is 0.444. The van der Waals surface area contributed by atoms with Crippen molar-refractivity contribution in [2.24, 2.45) is 0 Å². The van der Waals surface area contributed by atoms with Crippen molar-refractivity contribution in [2.45, 2.75) is 39.2 Å². The van der Waals surface area contributed by atoms with Crippen LogP contribution in [0.5, 0.6) is 0 Å². The van der Waals surface area contributed by atoms with Crippen LogP contribution in [0, 0.1) is 19.7 Å². The van der Waals surface area contributed by atoms with Gasteiger partial charge in [0.05, 0.1) is 16.4 Å². The van der Waals surface area contributed by atoms with Crippen LogP contribution in [0.25, 0.3) is 11.0 Å². The molecule has 4 rings (SSSR count). The smallest absolute Gasteiger partial charge is 0.170 e. The molecule has 1 saturated heterocycles. The zero-order chi connectivity index (χ0) is 16.7. The van der Waals surface area contributed by atoms with Crippen molar-refractivity contribution in [3.8, 4) is 0 Å². The number of rotatable bonds is 3. The summed E-state index contributed by atoms with van der Waals surface area (Å²) in [7, 11) is 0. The van der Waals surface area contributed by atoms with E-state index in [0.29, 0.717) is 11.5 Å². The highest BCUT2D eigenvalue weighted by Crippen LogP contribution is 2.33. The van der Waals surface area contributed by atoms with Crippen LogP contribution >= 0.6 is 11.3 Å². The molecule has 2 aromatic heterocycles. The maximum atomic E-state index is 13.3. The average molecular weight is 345 g/mol. The molecule has 0 N–H and O–H groups in total. The molecule has 0 amide bonds. The molecule has 4 nitrogen and oxygen atoms in total. The van der Waals surface area contributed by atoms with Crippen molar-refractivity contribution in [3.63, 3.8) is 0 Å². The minimum atomic E-state index is -0.282. The van der Waals surface area contributed by atoms with Crippen LogP contribution < -0.4 is 0 Å². The Morgan fingerprint density at radius 2 is 2.08 bits per heavy atom. The van der Waals surface area contributed by atoms with Crippen molar-refractivity contribution in [1.29, 1.82) is 0 Å². The first-order valence-corrected chi connectivity index (χ1v) is 9.12. The molecule has 0 spiro atoms. The second-order valence-electron chi connectivity index (χ2n) is 6.50. The van der Waals surface area contributed by atoms with Crippen LogP contribution in [0.2, 0.25) is 0 Å². The molecule has 0 saturated carbocycles. The predicted molar refractivity (Wildman–Crippen MR) is 92.8 cm³/mol. The van der Waals surface area contributed by atoms with Crippen LogP contribution in [0.1, 0.15) is 40.0 Å². The van der Waals surface area contributed by atoms with Crippen molar-refractivity contribution >= 4 is 22.3 Å². The van der Waals surface area contributed by atoms with E-state index in [-0.39, 0.29) is 5.82 Å². The molecular formula is C18H20FN3OS. The third-order valence-corrected chi connectivity index (χ3v) is 5.86. The van der Waals surface area contributed by atoms with Crippen LogP contribution in [-0.4, -0.2) is 28.1 Å². The summed E-state index contributed by atoms with van der Waals surface area (Å²) in [6.07, 6.45) is 2.10. The number of fused-ring (bicyclic) bond motifs is 1. The molecule has 3 aromatic rings. The fourth-order valence-corrected chi connectivity index (χ4v) is 4.49. The Labute approximate surface area is 144 Å². The summed E-state index contributed by atoms with van der Waals surface area (Å²) < 4.78 is 18.6. The van der Waals surface area contributed by atoms with Gasteiger partial charge in [-0.3, -0.25) is 4.90 Å². The third kappa shape index (κ3) is 2.96. The summed E-state index contributed by atoms with van der Waals surface area (Å²) in [5.41, 5.74) is 2.68. The molecule has 1 fully saturated rings. The van der Waals surface area contributed by atoms with Crippen molar-refractivity contribution in [2.75, 3.05) is 13.1 Å². The van der Waals surface area contributed by atoms with Gasteiger partial charge in [-0.2, -0.15) is 0 Å². The number of aryl methyl sites for hydroxylation is 2. The third-order valence-electron chi connectivity index (χ3n) is 4.80. The molecule has 0 atom stereocenters.